The van der Waals surface area contributed by atoms with Gasteiger partial charge in [0.05, 0.1) is 17.6 Å². The first-order chi connectivity index (χ1) is 15.0. The van der Waals surface area contributed by atoms with Gasteiger partial charge >= 0.3 is 0 Å². The maximum atomic E-state index is 12.6. The fraction of sp³-hybridized carbons (Fsp3) is 0.375. The van der Waals surface area contributed by atoms with Crippen LogP contribution in [0, 0.1) is 0 Å². The van der Waals surface area contributed by atoms with Gasteiger partial charge in [0.25, 0.3) is 0 Å². The number of para-hydroxylation sites is 2. The van der Waals surface area contributed by atoms with E-state index in [2.05, 4.69) is 46.1 Å². The largest absolute Gasteiger partial charge is 0.350 e. The molecule has 1 saturated heterocycles. The Bertz CT molecular complexity index is 1090. The number of carbonyl (C=O) groups is 2. The molecule has 4 rings (SSSR count). The summed E-state index contributed by atoms with van der Waals surface area (Å²) in [5.74, 6) is 0.874. The summed E-state index contributed by atoms with van der Waals surface area (Å²) >= 11 is 1.71. The Morgan fingerprint density at radius 1 is 1.23 bits per heavy atom. The predicted octanol–water partition coefficient (Wildman–Crippen LogP) is 3.58. The third-order valence-electron chi connectivity index (χ3n) is 6.09. The van der Waals surface area contributed by atoms with Crippen molar-refractivity contribution in [2.45, 2.75) is 49.1 Å². The van der Waals surface area contributed by atoms with Gasteiger partial charge in [-0.3, -0.25) is 9.59 Å². The number of rotatable bonds is 8. The molecule has 0 aliphatic carbocycles. The van der Waals surface area contributed by atoms with E-state index in [1.165, 1.54) is 10.5 Å². The van der Waals surface area contributed by atoms with Crippen LogP contribution in [0.2, 0.25) is 0 Å². The molecule has 1 fully saturated rings. The number of aromatic nitrogens is 2. The first-order valence-corrected chi connectivity index (χ1v) is 11.8. The van der Waals surface area contributed by atoms with Crippen LogP contribution in [0.1, 0.15) is 37.1 Å². The molecule has 2 heterocycles. The lowest BCUT2D eigenvalue weighted by Gasteiger charge is -2.29. The third-order valence-corrected chi connectivity index (χ3v) is 6.83. The molecular weight excluding hydrogens is 408 g/mol. The van der Waals surface area contributed by atoms with Crippen molar-refractivity contribution in [2.24, 2.45) is 7.05 Å². The molecule has 31 heavy (non-hydrogen) atoms. The number of thioether (sulfide) groups is 1. The van der Waals surface area contributed by atoms with Gasteiger partial charge in [0.1, 0.15) is 5.82 Å². The molecule has 0 radical (unpaired) electrons. The molecule has 6 nitrogen and oxygen atoms in total. The zero-order chi connectivity index (χ0) is 21.8. The molecule has 1 aliphatic heterocycles. The summed E-state index contributed by atoms with van der Waals surface area (Å²) in [5.41, 5.74) is 2.80. The standard InChI is InChI=1S/C24H28N4O2S/c1-28-20-6-4-3-5-19(20)26-21(28)16-25-22(29)11-13-24(14-12-23(30)27-24)15-17-7-9-18(31-2)10-8-17/h3-10H,11-16H2,1-2H3,(H,25,29)(H,27,30). The number of carbonyl (C=O) groups excluding carboxylic acids is 2. The molecule has 7 heteroatoms. The highest BCUT2D eigenvalue weighted by molar-refractivity contribution is 7.98. The highest BCUT2D eigenvalue weighted by Gasteiger charge is 2.37. The van der Waals surface area contributed by atoms with E-state index in [9.17, 15) is 9.59 Å². The SMILES string of the molecule is CSc1ccc(CC2(CCC(=O)NCc3nc4ccccc4n3C)CCC(=O)N2)cc1. The summed E-state index contributed by atoms with van der Waals surface area (Å²) < 4.78 is 2.01. The van der Waals surface area contributed by atoms with Crippen molar-refractivity contribution in [3.05, 3.63) is 59.9 Å². The van der Waals surface area contributed by atoms with Crippen molar-refractivity contribution in [3.63, 3.8) is 0 Å². The monoisotopic (exact) mass is 436 g/mol. The van der Waals surface area contributed by atoms with Gasteiger partial charge in [0.15, 0.2) is 0 Å². The quantitative estimate of drug-likeness (QED) is 0.529. The van der Waals surface area contributed by atoms with Crippen molar-refractivity contribution in [3.8, 4) is 0 Å². The van der Waals surface area contributed by atoms with Crippen LogP contribution < -0.4 is 10.6 Å². The van der Waals surface area contributed by atoms with E-state index in [4.69, 9.17) is 0 Å². The fourth-order valence-electron chi connectivity index (χ4n) is 4.29. The second-order valence-electron chi connectivity index (χ2n) is 8.21. The summed E-state index contributed by atoms with van der Waals surface area (Å²) in [7, 11) is 1.96. The fourth-order valence-corrected chi connectivity index (χ4v) is 4.70. The van der Waals surface area contributed by atoms with Crippen LogP contribution in [0.15, 0.2) is 53.4 Å². The number of nitrogens with one attached hydrogen (secondary N) is 2. The minimum Gasteiger partial charge on any atom is -0.350 e. The molecule has 3 aromatic rings. The molecule has 1 aliphatic rings. The maximum Gasteiger partial charge on any atom is 0.220 e. The number of imidazole rings is 1. The van der Waals surface area contributed by atoms with E-state index >= 15 is 0 Å². The minimum absolute atomic E-state index is 0.0229. The Hall–Kier alpha value is -2.80. The van der Waals surface area contributed by atoms with Crippen molar-refractivity contribution in [2.75, 3.05) is 6.26 Å². The molecule has 2 amide bonds. The van der Waals surface area contributed by atoms with Gasteiger partial charge in [0, 0.05) is 30.3 Å². The Balaban J connectivity index is 1.36. The molecule has 0 saturated carbocycles. The average molecular weight is 437 g/mol. The lowest BCUT2D eigenvalue weighted by molar-refractivity contribution is -0.123. The van der Waals surface area contributed by atoms with E-state index in [-0.39, 0.29) is 17.4 Å². The maximum absolute atomic E-state index is 12.6. The molecule has 2 aromatic carbocycles. The van der Waals surface area contributed by atoms with Crippen LogP contribution in [0.5, 0.6) is 0 Å². The minimum atomic E-state index is -0.354. The summed E-state index contributed by atoms with van der Waals surface area (Å²) in [5, 5.41) is 6.15. The second-order valence-corrected chi connectivity index (χ2v) is 9.09. The number of amides is 2. The smallest absolute Gasteiger partial charge is 0.220 e. The number of benzene rings is 2. The van der Waals surface area contributed by atoms with Crippen LogP contribution >= 0.6 is 11.8 Å². The summed E-state index contributed by atoms with van der Waals surface area (Å²) in [6.07, 6.45) is 5.06. The van der Waals surface area contributed by atoms with Gasteiger partial charge < -0.3 is 15.2 Å². The predicted molar refractivity (Wildman–Crippen MR) is 124 cm³/mol. The third kappa shape index (κ3) is 4.93. The summed E-state index contributed by atoms with van der Waals surface area (Å²) in [4.78, 5) is 30.4. The van der Waals surface area contributed by atoms with Crippen LogP contribution in [-0.2, 0) is 29.6 Å². The topological polar surface area (TPSA) is 76.0 Å². The van der Waals surface area contributed by atoms with Gasteiger partial charge in [-0.2, -0.15) is 0 Å². The zero-order valence-corrected chi connectivity index (χ0v) is 18.8. The first-order valence-electron chi connectivity index (χ1n) is 10.6. The van der Waals surface area contributed by atoms with Gasteiger partial charge in [0.2, 0.25) is 11.8 Å². The molecule has 0 bridgehead atoms. The Morgan fingerprint density at radius 2 is 2.00 bits per heavy atom. The number of fused-ring (bicyclic) bond motifs is 1. The zero-order valence-electron chi connectivity index (χ0n) is 18.0. The van der Waals surface area contributed by atoms with Gasteiger partial charge in [-0.05, 0) is 55.3 Å². The molecule has 2 N–H and O–H groups in total. The highest BCUT2D eigenvalue weighted by Crippen LogP contribution is 2.30. The van der Waals surface area contributed by atoms with Crippen molar-refractivity contribution in [1.29, 1.82) is 0 Å². The summed E-state index contributed by atoms with van der Waals surface area (Å²) in [6.45, 7) is 0.388. The number of nitrogens with zero attached hydrogens (tertiary/aromatic N) is 2. The van der Waals surface area contributed by atoms with E-state index in [0.717, 1.165) is 29.7 Å². The lowest BCUT2D eigenvalue weighted by Crippen LogP contribution is -2.44. The first kappa shape index (κ1) is 21.4. The molecule has 1 atom stereocenters. The van der Waals surface area contributed by atoms with Gasteiger partial charge in [-0.1, -0.05) is 24.3 Å². The number of hydrogen-bond donors (Lipinski definition) is 2. The van der Waals surface area contributed by atoms with Crippen LogP contribution in [0.3, 0.4) is 0 Å². The molecule has 1 unspecified atom stereocenters. The van der Waals surface area contributed by atoms with Crippen LogP contribution in [0.25, 0.3) is 11.0 Å². The Kier molecular flexibility index (Phi) is 6.32. The average Bonchev–Trinajstić information content (AvgIpc) is 3.31. The molecular formula is C24H28N4O2S. The van der Waals surface area contributed by atoms with Gasteiger partial charge in [-0.15, -0.1) is 11.8 Å². The van der Waals surface area contributed by atoms with Crippen LogP contribution in [0.4, 0.5) is 0 Å². The number of aryl methyl sites for hydroxylation is 1. The van der Waals surface area contributed by atoms with E-state index in [1.807, 2.05) is 35.9 Å². The van der Waals surface area contributed by atoms with Crippen molar-refractivity contribution in [1.82, 2.24) is 20.2 Å². The van der Waals surface area contributed by atoms with Crippen molar-refractivity contribution < 1.29 is 9.59 Å². The van der Waals surface area contributed by atoms with Gasteiger partial charge in [-0.25, -0.2) is 4.98 Å². The number of hydrogen-bond acceptors (Lipinski definition) is 4. The van der Waals surface area contributed by atoms with Crippen molar-refractivity contribution >= 4 is 34.6 Å². The highest BCUT2D eigenvalue weighted by atomic mass is 32.2. The molecule has 162 valence electrons. The summed E-state index contributed by atoms with van der Waals surface area (Å²) in [6, 6.07) is 16.4. The second kappa shape index (κ2) is 9.14. The van der Waals surface area contributed by atoms with Crippen LogP contribution in [-0.4, -0.2) is 33.2 Å². The molecule has 1 aromatic heterocycles. The Labute approximate surface area is 186 Å². The normalized spacial score (nSPS) is 18.3. The lowest BCUT2D eigenvalue weighted by atomic mass is 9.85. The molecule has 0 spiro atoms. The Morgan fingerprint density at radius 3 is 2.68 bits per heavy atom. The van der Waals surface area contributed by atoms with E-state index in [1.54, 1.807) is 11.8 Å². The van der Waals surface area contributed by atoms with E-state index < -0.39 is 0 Å². The van der Waals surface area contributed by atoms with E-state index in [0.29, 0.717) is 25.8 Å².